The summed E-state index contributed by atoms with van der Waals surface area (Å²) in [7, 11) is -3.33. The molecule has 0 aromatic carbocycles. The van der Waals surface area contributed by atoms with E-state index < -0.39 is 9.84 Å². The van der Waals surface area contributed by atoms with Gasteiger partial charge < -0.3 is 11.1 Å². The number of nitrogen functional groups attached to an aromatic ring is 1. The Morgan fingerprint density at radius 2 is 2.00 bits per heavy atom. The van der Waals surface area contributed by atoms with Crippen molar-refractivity contribution in [2.24, 2.45) is 5.41 Å². The van der Waals surface area contributed by atoms with Crippen LogP contribution in [0.2, 0.25) is 0 Å². The average Bonchev–Trinajstić information content (AvgIpc) is 3.04. The molecule has 2 rings (SSSR count). The monoisotopic (exact) mass is 317 g/mol. The molecule has 0 atom stereocenters. The molecule has 1 aliphatic rings. The molecular formula is C13H23N3O2S2. The summed E-state index contributed by atoms with van der Waals surface area (Å²) >= 11 is 1.15. The molecule has 1 aliphatic carbocycles. The molecule has 5 nitrogen and oxygen atoms in total. The number of nitrogens with two attached hydrogens (primary N) is 1. The second kappa shape index (κ2) is 5.89. The Balaban J connectivity index is 2.19. The molecule has 0 unspecified atom stereocenters. The first-order chi connectivity index (χ1) is 9.44. The smallest absolute Gasteiger partial charge is 0.184 e. The van der Waals surface area contributed by atoms with Gasteiger partial charge in [-0.2, -0.15) is 4.37 Å². The highest BCUT2D eigenvalue weighted by Gasteiger charge is 2.33. The number of nitrogens with one attached hydrogen (secondary N) is 1. The third-order valence-corrected chi connectivity index (χ3v) is 7.15. The van der Waals surface area contributed by atoms with Crippen LogP contribution in [0.25, 0.3) is 0 Å². The maximum absolute atomic E-state index is 12.1. The molecule has 1 saturated carbocycles. The molecular weight excluding hydrogens is 294 g/mol. The van der Waals surface area contributed by atoms with Gasteiger partial charge in [-0.25, -0.2) is 8.42 Å². The minimum absolute atomic E-state index is 0.0449. The molecule has 114 valence electrons. The van der Waals surface area contributed by atoms with Gasteiger partial charge in [-0.1, -0.05) is 26.7 Å². The van der Waals surface area contributed by atoms with E-state index in [2.05, 4.69) is 16.6 Å². The van der Waals surface area contributed by atoms with Crippen LogP contribution in [0.5, 0.6) is 0 Å². The minimum atomic E-state index is -3.33. The fourth-order valence-corrected chi connectivity index (χ4v) is 5.06. The third kappa shape index (κ3) is 2.93. The summed E-state index contributed by atoms with van der Waals surface area (Å²) in [6.45, 7) is 4.63. The maximum atomic E-state index is 12.1. The van der Waals surface area contributed by atoms with E-state index in [9.17, 15) is 8.42 Å². The van der Waals surface area contributed by atoms with Crippen LogP contribution >= 0.6 is 11.5 Å². The number of hydrogen-bond acceptors (Lipinski definition) is 6. The van der Waals surface area contributed by atoms with Crippen molar-refractivity contribution in [3.8, 4) is 0 Å². The van der Waals surface area contributed by atoms with Gasteiger partial charge in [0, 0.05) is 6.54 Å². The van der Waals surface area contributed by atoms with Crippen molar-refractivity contribution in [2.75, 3.05) is 23.3 Å². The summed E-state index contributed by atoms with van der Waals surface area (Å²) in [5, 5.41) is 3.91. The van der Waals surface area contributed by atoms with Gasteiger partial charge in [0.15, 0.2) is 15.7 Å². The van der Waals surface area contributed by atoms with Crippen LogP contribution in [0.4, 0.5) is 10.8 Å². The van der Waals surface area contributed by atoms with Gasteiger partial charge in [0.05, 0.1) is 5.75 Å². The number of nitrogens with zero attached hydrogens (tertiary/aromatic N) is 1. The summed E-state index contributed by atoms with van der Waals surface area (Å²) in [6.07, 6.45) is 6.06. The van der Waals surface area contributed by atoms with E-state index in [4.69, 9.17) is 5.73 Å². The summed E-state index contributed by atoms with van der Waals surface area (Å²) in [5.74, 6) is 0.166. The van der Waals surface area contributed by atoms with Gasteiger partial charge >= 0.3 is 0 Å². The molecule has 0 aliphatic heterocycles. The van der Waals surface area contributed by atoms with Crippen molar-refractivity contribution < 1.29 is 8.42 Å². The second-order valence-corrected chi connectivity index (χ2v) is 8.53. The Labute approximate surface area is 125 Å². The molecule has 0 radical (unpaired) electrons. The summed E-state index contributed by atoms with van der Waals surface area (Å²) in [5.41, 5.74) is 6.03. The first kappa shape index (κ1) is 15.6. The van der Waals surface area contributed by atoms with Crippen molar-refractivity contribution in [3.05, 3.63) is 0 Å². The lowest BCUT2D eigenvalue weighted by Crippen LogP contribution is -2.26. The summed E-state index contributed by atoms with van der Waals surface area (Å²) in [6, 6.07) is 0. The standard InChI is InChI=1S/C13H23N3O2S2/c1-3-13(7-5-6-8-13)9-15-12-10(11(14)16-19-12)20(17,18)4-2/h15H,3-9H2,1-2H3,(H2,14,16). The molecule has 0 saturated heterocycles. The zero-order valence-corrected chi connectivity index (χ0v) is 13.7. The number of anilines is 2. The van der Waals surface area contributed by atoms with E-state index >= 15 is 0 Å². The van der Waals surface area contributed by atoms with E-state index in [1.54, 1.807) is 6.92 Å². The van der Waals surface area contributed by atoms with Crippen LogP contribution in [0.1, 0.15) is 46.0 Å². The van der Waals surface area contributed by atoms with Gasteiger partial charge in [-0.15, -0.1) is 0 Å². The van der Waals surface area contributed by atoms with Crippen LogP contribution in [0, 0.1) is 5.41 Å². The Morgan fingerprint density at radius 1 is 1.35 bits per heavy atom. The zero-order valence-electron chi connectivity index (χ0n) is 12.1. The Bertz CT molecular complexity index is 560. The highest BCUT2D eigenvalue weighted by Crippen LogP contribution is 2.42. The Hall–Kier alpha value is -0.820. The molecule has 1 fully saturated rings. The largest absolute Gasteiger partial charge is 0.382 e. The predicted molar refractivity (Wildman–Crippen MR) is 83.9 cm³/mol. The quantitative estimate of drug-likeness (QED) is 0.842. The predicted octanol–water partition coefficient (Wildman–Crippen LogP) is 2.90. The number of aromatic nitrogens is 1. The van der Waals surface area contributed by atoms with Crippen LogP contribution in [0.3, 0.4) is 0 Å². The Morgan fingerprint density at radius 3 is 2.55 bits per heavy atom. The van der Waals surface area contributed by atoms with Crippen LogP contribution in [0.15, 0.2) is 4.90 Å². The van der Waals surface area contributed by atoms with Crippen molar-refractivity contribution >= 4 is 32.2 Å². The minimum Gasteiger partial charge on any atom is -0.382 e. The van der Waals surface area contributed by atoms with Crippen LogP contribution in [-0.4, -0.2) is 25.1 Å². The molecule has 7 heteroatoms. The Kier molecular flexibility index (Phi) is 4.59. The fraction of sp³-hybridized carbons (Fsp3) is 0.769. The van der Waals surface area contributed by atoms with Crippen LogP contribution < -0.4 is 11.1 Å². The van der Waals surface area contributed by atoms with Crippen molar-refractivity contribution in [2.45, 2.75) is 50.8 Å². The molecule has 20 heavy (non-hydrogen) atoms. The van der Waals surface area contributed by atoms with E-state index in [1.165, 1.54) is 25.7 Å². The van der Waals surface area contributed by atoms with E-state index in [0.29, 0.717) is 10.4 Å². The highest BCUT2D eigenvalue weighted by atomic mass is 32.2. The molecule has 3 N–H and O–H groups in total. The van der Waals surface area contributed by atoms with Gasteiger partial charge in [0.25, 0.3) is 0 Å². The topological polar surface area (TPSA) is 85.1 Å². The fourth-order valence-electron chi connectivity index (χ4n) is 2.90. The highest BCUT2D eigenvalue weighted by molar-refractivity contribution is 7.91. The van der Waals surface area contributed by atoms with Crippen molar-refractivity contribution in [1.29, 1.82) is 0 Å². The van der Waals surface area contributed by atoms with Crippen LogP contribution in [-0.2, 0) is 9.84 Å². The molecule has 1 aromatic heterocycles. The molecule has 0 bridgehead atoms. The van der Waals surface area contributed by atoms with E-state index in [1.807, 2.05) is 0 Å². The van der Waals surface area contributed by atoms with Gasteiger partial charge in [-0.05, 0) is 36.2 Å². The molecule has 1 aromatic rings. The zero-order chi connectivity index (χ0) is 14.8. The SMILES string of the molecule is CCC1(CNc2snc(N)c2S(=O)(=O)CC)CCCC1. The molecule has 1 heterocycles. The number of hydrogen-bond donors (Lipinski definition) is 2. The average molecular weight is 317 g/mol. The lowest BCUT2D eigenvalue weighted by molar-refractivity contribution is 0.307. The second-order valence-electron chi connectivity index (χ2n) is 5.54. The summed E-state index contributed by atoms with van der Waals surface area (Å²) < 4.78 is 28.2. The van der Waals surface area contributed by atoms with E-state index in [-0.39, 0.29) is 16.5 Å². The number of rotatable bonds is 6. The van der Waals surface area contributed by atoms with Crippen molar-refractivity contribution in [1.82, 2.24) is 4.37 Å². The number of sulfone groups is 1. The van der Waals surface area contributed by atoms with E-state index in [0.717, 1.165) is 24.5 Å². The van der Waals surface area contributed by atoms with Gasteiger partial charge in [-0.3, -0.25) is 0 Å². The lowest BCUT2D eigenvalue weighted by atomic mass is 9.83. The normalized spacial score (nSPS) is 18.3. The van der Waals surface area contributed by atoms with Crippen molar-refractivity contribution in [3.63, 3.8) is 0 Å². The first-order valence-corrected chi connectivity index (χ1v) is 9.58. The third-order valence-electron chi connectivity index (χ3n) is 4.40. The van der Waals surface area contributed by atoms with Gasteiger partial charge in [0.1, 0.15) is 9.90 Å². The summed E-state index contributed by atoms with van der Waals surface area (Å²) in [4.78, 5) is 0.189. The molecule has 0 amide bonds. The first-order valence-electron chi connectivity index (χ1n) is 7.16. The lowest BCUT2D eigenvalue weighted by Gasteiger charge is -2.27. The molecule has 0 spiro atoms. The van der Waals surface area contributed by atoms with Gasteiger partial charge in [0.2, 0.25) is 0 Å². The maximum Gasteiger partial charge on any atom is 0.184 e.